The van der Waals surface area contributed by atoms with Gasteiger partial charge in [0.2, 0.25) is 11.6 Å². The van der Waals surface area contributed by atoms with Gasteiger partial charge in [0.25, 0.3) is 0 Å². The molecule has 2 aromatic heterocycles. The highest BCUT2D eigenvalue weighted by Gasteiger charge is 2.56. The average Bonchev–Trinajstić information content (AvgIpc) is 3.17. The molecule has 3 rings (SSSR count). The van der Waals surface area contributed by atoms with E-state index in [1.165, 1.54) is 0 Å². The molecule has 0 spiro atoms. The zero-order valence-electron chi connectivity index (χ0n) is 12.8. The summed E-state index contributed by atoms with van der Waals surface area (Å²) in [4.78, 5) is 35.1. The summed E-state index contributed by atoms with van der Waals surface area (Å²) in [5, 5.41) is 31.9. The van der Waals surface area contributed by atoms with Crippen LogP contribution < -0.4 is 11.1 Å². The number of amides is 1. The SMILES string of the molecule is NCC(=O)Nc1ncnc2c1ncn2[C@]1(C=O)O[C@H](CO)[C@@H](O)[C@H]1O. The number of imidazole rings is 1. The lowest BCUT2D eigenvalue weighted by Gasteiger charge is -2.27. The number of hydrogen-bond acceptors (Lipinski definition) is 10. The van der Waals surface area contributed by atoms with Crippen LogP contribution >= 0.6 is 0 Å². The van der Waals surface area contributed by atoms with Crippen molar-refractivity contribution in [2.75, 3.05) is 18.5 Å². The highest BCUT2D eigenvalue weighted by atomic mass is 16.6. The van der Waals surface area contributed by atoms with E-state index >= 15 is 0 Å². The van der Waals surface area contributed by atoms with Crippen LogP contribution in [0.15, 0.2) is 12.7 Å². The number of aliphatic hydroxyl groups excluding tert-OH is 3. The molecule has 12 nitrogen and oxygen atoms in total. The van der Waals surface area contributed by atoms with E-state index in [9.17, 15) is 24.9 Å². The van der Waals surface area contributed by atoms with Crippen molar-refractivity contribution in [3.63, 3.8) is 0 Å². The molecule has 0 unspecified atom stereocenters. The number of anilines is 1. The Morgan fingerprint density at radius 3 is 2.80 bits per heavy atom. The van der Waals surface area contributed by atoms with Gasteiger partial charge in [0.1, 0.15) is 31.0 Å². The number of aldehydes is 1. The maximum atomic E-state index is 11.7. The number of nitrogens with zero attached hydrogens (tertiary/aromatic N) is 4. The molecule has 12 heteroatoms. The Hall–Kier alpha value is -2.51. The van der Waals surface area contributed by atoms with E-state index in [0.717, 1.165) is 17.2 Å². The summed E-state index contributed by atoms with van der Waals surface area (Å²) in [5.74, 6) is -0.445. The first-order valence-corrected chi connectivity index (χ1v) is 7.28. The van der Waals surface area contributed by atoms with Gasteiger partial charge in [0.15, 0.2) is 23.3 Å². The number of nitrogens with two attached hydrogens (primary N) is 1. The lowest BCUT2D eigenvalue weighted by Crippen LogP contribution is -2.46. The maximum absolute atomic E-state index is 11.7. The van der Waals surface area contributed by atoms with Crippen molar-refractivity contribution in [3.05, 3.63) is 12.7 Å². The zero-order chi connectivity index (χ0) is 18.2. The van der Waals surface area contributed by atoms with Crippen LogP contribution in [0, 0.1) is 0 Å². The van der Waals surface area contributed by atoms with Gasteiger partial charge < -0.3 is 31.1 Å². The van der Waals surface area contributed by atoms with Crippen molar-refractivity contribution >= 4 is 29.2 Å². The van der Waals surface area contributed by atoms with Gasteiger partial charge in [-0.15, -0.1) is 0 Å². The molecule has 0 aromatic carbocycles. The first-order chi connectivity index (χ1) is 12.0. The number of carbonyl (C=O) groups is 2. The predicted octanol–water partition coefficient (Wildman–Crippen LogP) is -3.31. The third-order valence-electron chi connectivity index (χ3n) is 3.97. The number of nitrogens with one attached hydrogen (secondary N) is 1. The lowest BCUT2D eigenvalue weighted by atomic mass is 10.0. The number of carbonyl (C=O) groups excluding carboxylic acids is 2. The Balaban J connectivity index is 2.11. The molecule has 0 saturated carbocycles. The second-order valence-corrected chi connectivity index (χ2v) is 5.41. The maximum Gasteiger partial charge on any atom is 0.239 e. The average molecular weight is 352 g/mol. The third-order valence-corrected chi connectivity index (χ3v) is 3.97. The highest BCUT2D eigenvalue weighted by molar-refractivity contribution is 5.97. The van der Waals surface area contributed by atoms with Crippen LogP contribution in [0.5, 0.6) is 0 Å². The van der Waals surface area contributed by atoms with Gasteiger partial charge in [-0.2, -0.15) is 0 Å². The van der Waals surface area contributed by atoms with Gasteiger partial charge >= 0.3 is 0 Å². The molecule has 4 atom stereocenters. The van der Waals surface area contributed by atoms with E-state index in [1.807, 2.05) is 0 Å². The molecule has 1 aliphatic rings. The predicted molar refractivity (Wildman–Crippen MR) is 81.0 cm³/mol. The quantitative estimate of drug-likeness (QED) is 0.341. The van der Waals surface area contributed by atoms with Gasteiger partial charge in [0.05, 0.1) is 13.2 Å². The van der Waals surface area contributed by atoms with Crippen molar-refractivity contribution in [1.82, 2.24) is 19.5 Å². The standard InChI is InChI=1S/C13H16N6O6/c14-1-7(22)18-11-8-12(16-4-15-11)19(5-17-8)13(3-21)10(24)9(23)6(2-20)25-13/h3-6,9-10,20,23-24H,1-2,14H2,(H,15,16,18,22)/t6-,9-,10-,13-/m1/s1. The summed E-state index contributed by atoms with van der Waals surface area (Å²) in [5.41, 5.74) is 3.40. The van der Waals surface area contributed by atoms with E-state index in [2.05, 4.69) is 20.3 Å². The Labute approximate surface area is 140 Å². The molecular weight excluding hydrogens is 336 g/mol. The number of aromatic nitrogens is 4. The molecule has 3 heterocycles. The third kappa shape index (κ3) is 2.56. The lowest BCUT2D eigenvalue weighted by molar-refractivity contribution is -0.160. The minimum absolute atomic E-state index is 0.0620. The number of fused-ring (bicyclic) bond motifs is 1. The minimum Gasteiger partial charge on any atom is -0.394 e. The fraction of sp³-hybridized carbons (Fsp3) is 0.462. The van der Waals surface area contributed by atoms with Crippen LogP contribution in [-0.4, -0.2) is 78.5 Å². The van der Waals surface area contributed by atoms with Crippen LogP contribution in [0.4, 0.5) is 5.82 Å². The van der Waals surface area contributed by atoms with E-state index in [0.29, 0.717) is 0 Å². The van der Waals surface area contributed by atoms with Crippen molar-refractivity contribution in [1.29, 1.82) is 0 Å². The Morgan fingerprint density at radius 1 is 1.44 bits per heavy atom. The first kappa shape index (κ1) is 17.3. The summed E-state index contributed by atoms with van der Waals surface area (Å²) in [6.07, 6.45) is -1.77. The van der Waals surface area contributed by atoms with Gasteiger partial charge in [-0.3, -0.25) is 14.2 Å². The molecule has 134 valence electrons. The molecule has 1 aliphatic heterocycles. The molecule has 0 aliphatic carbocycles. The minimum atomic E-state index is -2.04. The Kier molecular flexibility index (Phi) is 4.45. The Morgan fingerprint density at radius 2 is 2.20 bits per heavy atom. The summed E-state index contributed by atoms with van der Waals surface area (Å²) < 4.78 is 6.51. The fourth-order valence-electron chi connectivity index (χ4n) is 2.69. The zero-order valence-corrected chi connectivity index (χ0v) is 12.8. The molecular formula is C13H16N6O6. The molecule has 1 saturated heterocycles. The topological polar surface area (TPSA) is 186 Å². The second-order valence-electron chi connectivity index (χ2n) is 5.41. The van der Waals surface area contributed by atoms with Crippen LogP contribution in [0.25, 0.3) is 11.2 Å². The van der Waals surface area contributed by atoms with Gasteiger partial charge in [-0.05, 0) is 0 Å². The van der Waals surface area contributed by atoms with Crippen LogP contribution in [0.2, 0.25) is 0 Å². The highest BCUT2D eigenvalue weighted by Crippen LogP contribution is 2.36. The number of rotatable bonds is 5. The number of hydrogen-bond donors (Lipinski definition) is 5. The largest absolute Gasteiger partial charge is 0.394 e. The summed E-state index contributed by atoms with van der Waals surface area (Å²) in [6, 6.07) is 0. The summed E-state index contributed by atoms with van der Waals surface area (Å²) >= 11 is 0. The fourth-order valence-corrected chi connectivity index (χ4v) is 2.69. The number of aliphatic hydroxyl groups is 3. The molecule has 2 aromatic rings. The van der Waals surface area contributed by atoms with E-state index in [-0.39, 0.29) is 29.8 Å². The molecule has 1 fully saturated rings. The van der Waals surface area contributed by atoms with Gasteiger partial charge in [0, 0.05) is 0 Å². The van der Waals surface area contributed by atoms with Crippen molar-refractivity contribution in [2.45, 2.75) is 24.0 Å². The molecule has 6 N–H and O–H groups in total. The van der Waals surface area contributed by atoms with Crippen LogP contribution in [-0.2, 0) is 20.1 Å². The smallest absolute Gasteiger partial charge is 0.239 e. The van der Waals surface area contributed by atoms with Crippen LogP contribution in [0.1, 0.15) is 0 Å². The number of ether oxygens (including phenoxy) is 1. The van der Waals surface area contributed by atoms with E-state index < -0.39 is 36.6 Å². The monoisotopic (exact) mass is 352 g/mol. The van der Waals surface area contributed by atoms with E-state index in [1.54, 1.807) is 0 Å². The Bertz CT molecular complexity index is 811. The molecule has 0 bridgehead atoms. The summed E-state index contributed by atoms with van der Waals surface area (Å²) in [7, 11) is 0. The van der Waals surface area contributed by atoms with Crippen molar-refractivity contribution < 1.29 is 29.6 Å². The van der Waals surface area contributed by atoms with Gasteiger partial charge in [-0.1, -0.05) is 0 Å². The van der Waals surface area contributed by atoms with Crippen LogP contribution in [0.3, 0.4) is 0 Å². The molecule has 0 radical (unpaired) electrons. The summed E-state index contributed by atoms with van der Waals surface area (Å²) in [6.45, 7) is -0.871. The molecule has 1 amide bonds. The molecule has 25 heavy (non-hydrogen) atoms. The van der Waals surface area contributed by atoms with E-state index in [4.69, 9.17) is 10.5 Å². The van der Waals surface area contributed by atoms with Crippen molar-refractivity contribution in [2.24, 2.45) is 5.73 Å². The first-order valence-electron chi connectivity index (χ1n) is 7.28. The van der Waals surface area contributed by atoms with Gasteiger partial charge in [-0.25, -0.2) is 15.0 Å². The normalized spacial score (nSPS) is 29.0. The van der Waals surface area contributed by atoms with Crippen molar-refractivity contribution in [3.8, 4) is 0 Å². The second kappa shape index (κ2) is 6.42.